The van der Waals surface area contributed by atoms with Gasteiger partial charge < -0.3 is 4.74 Å². The van der Waals surface area contributed by atoms with Crippen LogP contribution in [-0.2, 0) is 18.7 Å². The fourth-order valence-corrected chi connectivity index (χ4v) is 2.65. The number of halogens is 1. The Balaban J connectivity index is 1.82. The van der Waals surface area contributed by atoms with Gasteiger partial charge in [0.15, 0.2) is 0 Å². The molecule has 2 nitrogen and oxygen atoms in total. The fourth-order valence-electron chi connectivity index (χ4n) is 2.50. The third-order valence-corrected chi connectivity index (χ3v) is 3.79. The van der Waals surface area contributed by atoms with Crippen LogP contribution >= 0.6 is 11.6 Å². The quantitative estimate of drug-likeness (QED) is 0.769. The van der Waals surface area contributed by atoms with Crippen molar-refractivity contribution in [2.45, 2.75) is 31.6 Å². The summed E-state index contributed by atoms with van der Waals surface area (Å²) in [7, 11) is 0. The third kappa shape index (κ3) is 2.90. The maximum atomic E-state index is 5.87. The van der Waals surface area contributed by atoms with Gasteiger partial charge in [0.2, 0.25) is 0 Å². The average Bonchev–Trinajstić information content (AvgIpc) is 2.47. The highest BCUT2D eigenvalue weighted by Gasteiger charge is 2.10. The Labute approximate surface area is 118 Å². The molecule has 0 fully saturated rings. The van der Waals surface area contributed by atoms with E-state index in [0.29, 0.717) is 5.88 Å². The van der Waals surface area contributed by atoms with E-state index in [0.717, 1.165) is 23.5 Å². The molecule has 0 saturated heterocycles. The molecule has 3 rings (SSSR count). The van der Waals surface area contributed by atoms with Gasteiger partial charge in [0.05, 0.1) is 6.20 Å². The Bertz CT molecular complexity index is 583. The second-order valence-corrected chi connectivity index (χ2v) is 5.17. The van der Waals surface area contributed by atoms with Crippen LogP contribution in [-0.4, -0.2) is 4.98 Å². The highest BCUT2D eigenvalue weighted by molar-refractivity contribution is 6.17. The number of nitrogens with zero attached hydrogens (tertiary/aromatic N) is 1. The second kappa shape index (κ2) is 5.62. The van der Waals surface area contributed by atoms with Crippen molar-refractivity contribution in [3.8, 4) is 11.5 Å². The van der Waals surface area contributed by atoms with Gasteiger partial charge in [-0.3, -0.25) is 4.98 Å². The van der Waals surface area contributed by atoms with Gasteiger partial charge in [0.1, 0.15) is 11.5 Å². The van der Waals surface area contributed by atoms with E-state index in [4.69, 9.17) is 16.3 Å². The number of hydrogen-bond donors (Lipinski definition) is 0. The van der Waals surface area contributed by atoms with Gasteiger partial charge in [-0.25, -0.2) is 0 Å². The Morgan fingerprint density at radius 2 is 1.84 bits per heavy atom. The normalized spacial score (nSPS) is 13.9. The minimum absolute atomic E-state index is 0.453. The molecular weight excluding hydrogens is 258 g/mol. The predicted molar refractivity (Wildman–Crippen MR) is 77.0 cm³/mol. The van der Waals surface area contributed by atoms with Crippen LogP contribution in [0.4, 0.5) is 0 Å². The molecule has 0 N–H and O–H groups in total. The van der Waals surface area contributed by atoms with Gasteiger partial charge in [-0.1, -0.05) is 6.07 Å². The summed E-state index contributed by atoms with van der Waals surface area (Å²) < 4.78 is 5.87. The molecule has 0 spiro atoms. The zero-order valence-corrected chi connectivity index (χ0v) is 11.5. The Morgan fingerprint density at radius 1 is 1.00 bits per heavy atom. The summed E-state index contributed by atoms with van der Waals surface area (Å²) in [6.45, 7) is 0. The topological polar surface area (TPSA) is 22.1 Å². The van der Waals surface area contributed by atoms with E-state index >= 15 is 0 Å². The summed E-state index contributed by atoms with van der Waals surface area (Å²) in [5.74, 6) is 2.08. The van der Waals surface area contributed by atoms with Crippen molar-refractivity contribution in [3.05, 3.63) is 53.3 Å². The molecule has 0 unspecified atom stereocenters. The van der Waals surface area contributed by atoms with E-state index in [1.165, 1.54) is 30.4 Å². The number of aromatic nitrogens is 1. The van der Waals surface area contributed by atoms with Gasteiger partial charge in [-0.15, -0.1) is 11.6 Å². The maximum Gasteiger partial charge on any atom is 0.146 e. The van der Waals surface area contributed by atoms with Crippen molar-refractivity contribution in [1.82, 2.24) is 4.98 Å². The molecule has 0 amide bonds. The van der Waals surface area contributed by atoms with Gasteiger partial charge in [-0.05, 0) is 60.6 Å². The molecule has 0 radical (unpaired) electrons. The molecular formula is C16H16ClNO. The summed E-state index contributed by atoms with van der Waals surface area (Å²) in [5.41, 5.74) is 3.86. The van der Waals surface area contributed by atoms with Crippen molar-refractivity contribution >= 4 is 11.6 Å². The lowest BCUT2D eigenvalue weighted by atomic mass is 9.92. The van der Waals surface area contributed by atoms with E-state index < -0.39 is 0 Å². The maximum absolute atomic E-state index is 5.87. The molecule has 1 aromatic carbocycles. The summed E-state index contributed by atoms with van der Waals surface area (Å²) in [4.78, 5) is 4.13. The number of ether oxygens (including phenoxy) is 1. The number of alkyl halides is 1. The third-order valence-electron chi connectivity index (χ3n) is 3.48. The van der Waals surface area contributed by atoms with Gasteiger partial charge in [0, 0.05) is 12.1 Å². The molecule has 0 atom stereocenters. The van der Waals surface area contributed by atoms with Crippen LogP contribution in [0.3, 0.4) is 0 Å². The van der Waals surface area contributed by atoms with Gasteiger partial charge >= 0.3 is 0 Å². The first kappa shape index (κ1) is 12.5. The number of rotatable bonds is 3. The fraction of sp³-hybridized carbons (Fsp3) is 0.312. The van der Waals surface area contributed by atoms with E-state index in [-0.39, 0.29) is 0 Å². The average molecular weight is 274 g/mol. The van der Waals surface area contributed by atoms with Crippen molar-refractivity contribution in [2.24, 2.45) is 0 Å². The highest BCUT2D eigenvalue weighted by Crippen LogP contribution is 2.28. The first-order valence-corrected chi connectivity index (χ1v) is 7.18. The van der Waals surface area contributed by atoms with Crippen molar-refractivity contribution in [3.63, 3.8) is 0 Å². The van der Waals surface area contributed by atoms with Crippen LogP contribution < -0.4 is 4.74 Å². The van der Waals surface area contributed by atoms with Crippen molar-refractivity contribution in [2.75, 3.05) is 0 Å². The molecule has 2 aromatic rings. The predicted octanol–water partition coefficient (Wildman–Crippen LogP) is 4.49. The monoisotopic (exact) mass is 273 g/mol. The van der Waals surface area contributed by atoms with Crippen LogP contribution in [0.15, 0.2) is 36.7 Å². The SMILES string of the molecule is ClCc1cncc(Oc2ccc3c(c2)CCCC3)c1. The zero-order chi connectivity index (χ0) is 13.1. The second-order valence-electron chi connectivity index (χ2n) is 4.90. The molecule has 19 heavy (non-hydrogen) atoms. The summed E-state index contributed by atoms with van der Waals surface area (Å²) >= 11 is 5.80. The smallest absolute Gasteiger partial charge is 0.146 e. The standard InChI is InChI=1S/C16H16ClNO/c17-9-12-7-16(11-18-10-12)19-15-6-5-13-3-1-2-4-14(13)8-15/h5-8,10-11H,1-4,9H2. The lowest BCUT2D eigenvalue weighted by Gasteiger charge is -2.16. The number of aryl methyl sites for hydroxylation is 2. The van der Waals surface area contributed by atoms with E-state index in [2.05, 4.69) is 17.1 Å². The first-order chi connectivity index (χ1) is 9.35. The lowest BCUT2D eigenvalue weighted by Crippen LogP contribution is -2.02. The highest BCUT2D eigenvalue weighted by atomic mass is 35.5. The number of benzene rings is 1. The van der Waals surface area contributed by atoms with E-state index in [1.807, 2.05) is 12.1 Å². The van der Waals surface area contributed by atoms with Gasteiger partial charge in [0.25, 0.3) is 0 Å². The molecule has 1 aliphatic rings. The summed E-state index contributed by atoms with van der Waals surface area (Å²) in [5, 5.41) is 0. The molecule has 0 aliphatic heterocycles. The number of fused-ring (bicyclic) bond motifs is 1. The van der Waals surface area contributed by atoms with Crippen LogP contribution in [0.2, 0.25) is 0 Å². The van der Waals surface area contributed by atoms with E-state index in [9.17, 15) is 0 Å². The Morgan fingerprint density at radius 3 is 2.68 bits per heavy atom. The van der Waals surface area contributed by atoms with Crippen LogP contribution in [0.25, 0.3) is 0 Å². The largest absolute Gasteiger partial charge is 0.456 e. The molecule has 1 heterocycles. The molecule has 1 aromatic heterocycles. The molecule has 0 saturated carbocycles. The van der Waals surface area contributed by atoms with Gasteiger partial charge in [-0.2, -0.15) is 0 Å². The minimum Gasteiger partial charge on any atom is -0.456 e. The van der Waals surface area contributed by atoms with Crippen molar-refractivity contribution < 1.29 is 4.74 Å². The Kier molecular flexibility index (Phi) is 3.69. The molecule has 1 aliphatic carbocycles. The molecule has 0 bridgehead atoms. The van der Waals surface area contributed by atoms with E-state index in [1.54, 1.807) is 12.4 Å². The molecule has 98 valence electrons. The Hall–Kier alpha value is -1.54. The zero-order valence-electron chi connectivity index (χ0n) is 10.7. The van der Waals surface area contributed by atoms with Crippen LogP contribution in [0.5, 0.6) is 11.5 Å². The summed E-state index contributed by atoms with van der Waals surface area (Å²) in [6.07, 6.45) is 8.41. The first-order valence-electron chi connectivity index (χ1n) is 6.65. The number of pyridine rings is 1. The number of hydrogen-bond acceptors (Lipinski definition) is 2. The summed E-state index contributed by atoms with van der Waals surface area (Å²) in [6, 6.07) is 8.31. The minimum atomic E-state index is 0.453. The lowest BCUT2D eigenvalue weighted by molar-refractivity contribution is 0.478. The van der Waals surface area contributed by atoms with Crippen LogP contribution in [0.1, 0.15) is 29.5 Å². The van der Waals surface area contributed by atoms with Crippen LogP contribution in [0, 0.1) is 0 Å². The van der Waals surface area contributed by atoms with Crippen molar-refractivity contribution in [1.29, 1.82) is 0 Å². The molecule has 3 heteroatoms.